The summed E-state index contributed by atoms with van der Waals surface area (Å²) in [6.45, 7) is 0.197. The summed E-state index contributed by atoms with van der Waals surface area (Å²) in [5.41, 5.74) is 2.18. The molecule has 0 saturated carbocycles. The molecule has 11 heteroatoms. The van der Waals surface area contributed by atoms with Gasteiger partial charge in [-0.2, -0.15) is 9.78 Å². The minimum absolute atomic E-state index is 0.197. The van der Waals surface area contributed by atoms with Gasteiger partial charge in [-0.05, 0) is 82.2 Å². The van der Waals surface area contributed by atoms with Gasteiger partial charge in [-0.3, -0.25) is 4.79 Å². The summed E-state index contributed by atoms with van der Waals surface area (Å²) in [6.07, 6.45) is 1.54. The molecule has 6 aromatic rings. The van der Waals surface area contributed by atoms with Crippen molar-refractivity contribution in [2.75, 3.05) is 7.11 Å². The standard InChI is InChI=1S/C31H19BrCl3N3O4/c1-40-27-11-17(10-23(32)29(27)41-16-18-6-7-21(34)14-24(18)35)15-36-38-30(37-25-5-3-2-4-22(25)31(38)39)28-13-19-12-20(33)8-9-26(19)42-28/h2-15H,16H2,1H3. The van der Waals surface area contributed by atoms with Crippen LogP contribution in [0.2, 0.25) is 15.1 Å². The van der Waals surface area contributed by atoms with Crippen LogP contribution in [-0.2, 0) is 6.61 Å². The molecule has 0 amide bonds. The van der Waals surface area contributed by atoms with Gasteiger partial charge in [0.2, 0.25) is 5.82 Å². The monoisotopic (exact) mass is 681 g/mol. The minimum atomic E-state index is -0.351. The quantitative estimate of drug-likeness (QED) is 0.157. The summed E-state index contributed by atoms with van der Waals surface area (Å²) in [5.74, 6) is 1.55. The van der Waals surface area contributed by atoms with Crippen molar-refractivity contribution < 1.29 is 13.9 Å². The zero-order valence-corrected chi connectivity index (χ0v) is 25.6. The Kier molecular flexibility index (Phi) is 7.96. The largest absolute Gasteiger partial charge is 0.493 e. The molecular weight excluding hydrogens is 665 g/mol. The van der Waals surface area contributed by atoms with E-state index < -0.39 is 0 Å². The van der Waals surface area contributed by atoms with Crippen LogP contribution in [0.25, 0.3) is 33.5 Å². The second kappa shape index (κ2) is 11.8. The Bertz CT molecular complexity index is 2070. The zero-order chi connectivity index (χ0) is 29.4. The molecule has 0 N–H and O–H groups in total. The molecule has 2 aromatic heterocycles. The Hall–Kier alpha value is -3.82. The molecule has 6 rings (SSSR count). The van der Waals surface area contributed by atoms with Crippen molar-refractivity contribution in [3.05, 3.63) is 120 Å². The molecule has 0 atom stereocenters. The lowest BCUT2D eigenvalue weighted by atomic mass is 10.2. The number of halogens is 4. The minimum Gasteiger partial charge on any atom is -0.493 e. The molecule has 2 heterocycles. The van der Waals surface area contributed by atoms with E-state index in [1.807, 2.05) is 6.07 Å². The van der Waals surface area contributed by atoms with Crippen LogP contribution in [0.15, 0.2) is 97.6 Å². The second-order valence-electron chi connectivity index (χ2n) is 9.17. The summed E-state index contributed by atoms with van der Waals surface area (Å²) in [4.78, 5) is 18.3. The first-order chi connectivity index (χ1) is 20.3. The van der Waals surface area contributed by atoms with Crippen molar-refractivity contribution in [3.8, 4) is 23.1 Å². The number of methoxy groups -OCH3 is 1. The Labute approximate surface area is 263 Å². The van der Waals surface area contributed by atoms with Crippen molar-refractivity contribution in [2.45, 2.75) is 6.61 Å². The van der Waals surface area contributed by atoms with Crippen molar-refractivity contribution in [2.24, 2.45) is 5.10 Å². The van der Waals surface area contributed by atoms with Crippen molar-refractivity contribution in [1.82, 2.24) is 9.66 Å². The lowest BCUT2D eigenvalue weighted by Crippen LogP contribution is -2.20. The Morgan fingerprint density at radius 3 is 2.60 bits per heavy atom. The number of fused-ring (bicyclic) bond motifs is 2. The molecule has 0 spiro atoms. The number of rotatable bonds is 7. The van der Waals surface area contributed by atoms with Crippen LogP contribution in [0.3, 0.4) is 0 Å². The van der Waals surface area contributed by atoms with E-state index in [2.05, 4.69) is 21.0 Å². The maximum absolute atomic E-state index is 13.6. The average Bonchev–Trinajstić information content (AvgIpc) is 3.39. The third-order valence-corrected chi connectivity index (χ3v) is 7.82. The van der Waals surface area contributed by atoms with E-state index in [-0.39, 0.29) is 18.0 Å². The number of nitrogens with zero attached hydrogens (tertiary/aromatic N) is 3. The van der Waals surface area contributed by atoms with E-state index in [1.165, 1.54) is 18.0 Å². The van der Waals surface area contributed by atoms with Gasteiger partial charge in [-0.15, -0.1) is 0 Å². The number of para-hydroxylation sites is 1. The third kappa shape index (κ3) is 5.63. The SMILES string of the molecule is COc1cc(C=Nn2c(-c3cc4cc(Cl)ccc4o3)nc3ccccc3c2=O)cc(Br)c1OCc1ccc(Cl)cc1Cl. The predicted octanol–water partition coefficient (Wildman–Crippen LogP) is 9.00. The predicted molar refractivity (Wildman–Crippen MR) is 171 cm³/mol. The molecular formula is C31H19BrCl3N3O4. The fourth-order valence-electron chi connectivity index (χ4n) is 4.38. The molecule has 0 aliphatic carbocycles. The average molecular weight is 684 g/mol. The van der Waals surface area contributed by atoms with Crippen molar-refractivity contribution in [3.63, 3.8) is 0 Å². The molecule has 7 nitrogen and oxygen atoms in total. The fraction of sp³-hybridized carbons (Fsp3) is 0.0645. The first-order valence-electron chi connectivity index (χ1n) is 12.5. The van der Waals surface area contributed by atoms with Gasteiger partial charge in [0.05, 0.1) is 28.7 Å². The number of furan rings is 1. The third-order valence-electron chi connectivity index (χ3n) is 6.41. The molecule has 0 aliphatic heterocycles. The molecule has 42 heavy (non-hydrogen) atoms. The van der Waals surface area contributed by atoms with Gasteiger partial charge in [0.15, 0.2) is 17.3 Å². The molecule has 0 aliphatic rings. The van der Waals surface area contributed by atoms with Crippen molar-refractivity contribution in [1.29, 1.82) is 0 Å². The first-order valence-corrected chi connectivity index (χ1v) is 14.4. The summed E-state index contributed by atoms with van der Waals surface area (Å²) < 4.78 is 19.5. The van der Waals surface area contributed by atoms with Crippen LogP contribution >= 0.6 is 50.7 Å². The Balaban J connectivity index is 1.39. The summed E-state index contributed by atoms with van der Waals surface area (Å²) in [7, 11) is 1.54. The molecule has 0 saturated heterocycles. The van der Waals surface area contributed by atoms with Crippen LogP contribution < -0.4 is 15.0 Å². The van der Waals surface area contributed by atoms with Crippen LogP contribution in [0.4, 0.5) is 0 Å². The normalized spacial score (nSPS) is 11.5. The van der Waals surface area contributed by atoms with Gasteiger partial charge in [0, 0.05) is 26.0 Å². The van der Waals surface area contributed by atoms with Gasteiger partial charge in [-0.25, -0.2) is 4.98 Å². The maximum atomic E-state index is 13.6. The highest BCUT2D eigenvalue weighted by molar-refractivity contribution is 9.10. The lowest BCUT2D eigenvalue weighted by Gasteiger charge is -2.14. The van der Waals surface area contributed by atoms with Crippen LogP contribution in [0, 0.1) is 0 Å². The second-order valence-corrected chi connectivity index (χ2v) is 11.3. The summed E-state index contributed by atoms with van der Waals surface area (Å²) in [6, 6.07) is 22.9. The van der Waals surface area contributed by atoms with Gasteiger partial charge < -0.3 is 13.9 Å². The number of hydrogen-bond donors (Lipinski definition) is 0. The molecule has 210 valence electrons. The molecule has 4 aromatic carbocycles. The van der Waals surface area contributed by atoms with E-state index in [9.17, 15) is 4.79 Å². The highest BCUT2D eigenvalue weighted by atomic mass is 79.9. The van der Waals surface area contributed by atoms with Gasteiger partial charge in [-0.1, -0.05) is 53.0 Å². The fourth-order valence-corrected chi connectivity index (χ4v) is 5.60. The smallest absolute Gasteiger partial charge is 0.282 e. The topological polar surface area (TPSA) is 78.9 Å². The van der Waals surface area contributed by atoms with E-state index in [0.717, 1.165) is 10.9 Å². The van der Waals surface area contributed by atoms with E-state index >= 15 is 0 Å². The summed E-state index contributed by atoms with van der Waals surface area (Å²) >= 11 is 22.0. The van der Waals surface area contributed by atoms with Gasteiger partial charge in [0.1, 0.15) is 12.2 Å². The Morgan fingerprint density at radius 1 is 1.00 bits per heavy atom. The molecule has 0 bridgehead atoms. The zero-order valence-electron chi connectivity index (χ0n) is 21.8. The van der Waals surface area contributed by atoms with Gasteiger partial charge in [0.25, 0.3) is 5.56 Å². The number of hydrogen-bond acceptors (Lipinski definition) is 6. The Morgan fingerprint density at radius 2 is 1.79 bits per heavy atom. The summed E-state index contributed by atoms with van der Waals surface area (Å²) in [5, 5.41) is 7.34. The number of benzene rings is 4. The van der Waals surface area contributed by atoms with Crippen LogP contribution in [0.5, 0.6) is 11.5 Å². The van der Waals surface area contributed by atoms with Crippen LogP contribution in [-0.4, -0.2) is 23.0 Å². The van der Waals surface area contributed by atoms with Crippen molar-refractivity contribution >= 4 is 78.8 Å². The number of ether oxygens (including phenoxy) is 2. The number of aromatic nitrogens is 2. The first kappa shape index (κ1) is 28.3. The highest BCUT2D eigenvalue weighted by Gasteiger charge is 2.17. The molecule has 0 fully saturated rings. The van der Waals surface area contributed by atoms with Gasteiger partial charge >= 0.3 is 0 Å². The van der Waals surface area contributed by atoms with E-state index in [0.29, 0.717) is 58.8 Å². The van der Waals surface area contributed by atoms with E-state index in [1.54, 1.807) is 72.8 Å². The van der Waals surface area contributed by atoms with E-state index in [4.69, 9.17) is 53.7 Å². The lowest BCUT2D eigenvalue weighted by molar-refractivity contribution is 0.282. The molecule has 0 radical (unpaired) electrons. The molecule has 0 unspecified atom stereocenters. The maximum Gasteiger partial charge on any atom is 0.282 e. The van der Waals surface area contributed by atoms with Crippen LogP contribution in [0.1, 0.15) is 11.1 Å². The highest BCUT2D eigenvalue weighted by Crippen LogP contribution is 2.37.